The molecule has 0 atom stereocenters. The van der Waals surface area contributed by atoms with Gasteiger partial charge in [-0.25, -0.2) is 10.4 Å². The van der Waals surface area contributed by atoms with E-state index in [9.17, 15) is 4.79 Å². The molecule has 0 saturated heterocycles. The molecule has 1 amide bonds. The molecule has 6 nitrogen and oxygen atoms in total. The predicted molar refractivity (Wildman–Crippen MR) is 101 cm³/mol. The zero-order valence-electron chi connectivity index (χ0n) is 14.1. The summed E-state index contributed by atoms with van der Waals surface area (Å²) in [6, 6.07) is 14.6. The van der Waals surface area contributed by atoms with Gasteiger partial charge in [-0.05, 0) is 48.9 Å². The number of hydrogen-bond donors (Lipinski definition) is 1. The number of amides is 1. The number of carbonyl (C=O) groups excluding carboxylic acids is 1. The van der Waals surface area contributed by atoms with Gasteiger partial charge in [0.15, 0.2) is 6.61 Å². The molecule has 3 aromatic rings. The van der Waals surface area contributed by atoms with E-state index in [0.717, 1.165) is 11.3 Å². The highest BCUT2D eigenvalue weighted by Gasteiger charge is 2.04. The van der Waals surface area contributed by atoms with Crippen LogP contribution in [0.25, 0.3) is 5.69 Å². The molecule has 1 aromatic heterocycles. The Morgan fingerprint density at radius 2 is 1.92 bits per heavy atom. The number of ether oxygens (including phenoxy) is 1. The second kappa shape index (κ2) is 8.31. The zero-order valence-corrected chi connectivity index (χ0v) is 14.8. The lowest BCUT2D eigenvalue weighted by Crippen LogP contribution is -2.25. The maximum absolute atomic E-state index is 11.8. The number of nitrogens with zero attached hydrogens (tertiary/aromatic N) is 3. The molecule has 0 aliphatic carbocycles. The highest BCUT2D eigenvalue weighted by atomic mass is 35.5. The average Bonchev–Trinajstić information content (AvgIpc) is 3.20. The Bertz CT molecular complexity index is 888. The van der Waals surface area contributed by atoms with Crippen LogP contribution in [0.2, 0.25) is 5.02 Å². The largest absolute Gasteiger partial charge is 0.484 e. The molecule has 132 valence electrons. The fraction of sp³-hybridized carbons (Fsp3) is 0.105. The number of hydrazone groups is 1. The molecule has 0 saturated carbocycles. The molecule has 26 heavy (non-hydrogen) atoms. The van der Waals surface area contributed by atoms with Gasteiger partial charge in [0.25, 0.3) is 5.91 Å². The van der Waals surface area contributed by atoms with E-state index >= 15 is 0 Å². The Morgan fingerprint density at radius 3 is 2.58 bits per heavy atom. The summed E-state index contributed by atoms with van der Waals surface area (Å²) < 4.78 is 7.28. The molecular formula is C19H17ClN4O2. The van der Waals surface area contributed by atoms with Crippen molar-refractivity contribution in [1.29, 1.82) is 0 Å². The summed E-state index contributed by atoms with van der Waals surface area (Å²) in [5.74, 6) is 0.231. The lowest BCUT2D eigenvalue weighted by Gasteiger charge is -2.07. The Kier molecular flexibility index (Phi) is 5.66. The highest BCUT2D eigenvalue weighted by Crippen LogP contribution is 2.15. The van der Waals surface area contributed by atoms with E-state index < -0.39 is 0 Å². The molecule has 0 aliphatic heterocycles. The monoisotopic (exact) mass is 368 g/mol. The summed E-state index contributed by atoms with van der Waals surface area (Å²) in [7, 11) is 0. The van der Waals surface area contributed by atoms with Crippen molar-refractivity contribution < 1.29 is 9.53 Å². The summed E-state index contributed by atoms with van der Waals surface area (Å²) in [5.41, 5.74) is 5.09. The van der Waals surface area contributed by atoms with Crippen molar-refractivity contribution in [3.05, 3.63) is 77.8 Å². The number of halogens is 1. The van der Waals surface area contributed by atoms with Gasteiger partial charge in [-0.15, -0.1) is 0 Å². The van der Waals surface area contributed by atoms with Crippen LogP contribution in [-0.2, 0) is 4.79 Å². The SMILES string of the molecule is C/C(=N\NC(=O)COc1ccc(Cl)cc1)c1ccc(-n2ccnc2)cc1. The topological polar surface area (TPSA) is 68.5 Å². The Balaban J connectivity index is 1.54. The van der Waals surface area contributed by atoms with Crippen LogP contribution < -0.4 is 10.2 Å². The van der Waals surface area contributed by atoms with Crippen LogP contribution in [-0.4, -0.2) is 27.8 Å². The fourth-order valence-electron chi connectivity index (χ4n) is 2.21. The van der Waals surface area contributed by atoms with Gasteiger partial charge in [0.1, 0.15) is 5.75 Å². The van der Waals surface area contributed by atoms with Crippen LogP contribution in [0.5, 0.6) is 5.75 Å². The van der Waals surface area contributed by atoms with Crippen molar-refractivity contribution in [3.8, 4) is 11.4 Å². The minimum absolute atomic E-state index is 0.127. The van der Waals surface area contributed by atoms with Gasteiger partial charge in [-0.1, -0.05) is 23.7 Å². The summed E-state index contributed by atoms with van der Waals surface area (Å²) in [5, 5.41) is 4.72. The quantitative estimate of drug-likeness (QED) is 0.535. The van der Waals surface area contributed by atoms with Crippen molar-refractivity contribution in [3.63, 3.8) is 0 Å². The molecular weight excluding hydrogens is 352 g/mol. The van der Waals surface area contributed by atoms with Crippen LogP contribution in [0.4, 0.5) is 0 Å². The first kappa shape index (κ1) is 17.7. The minimum Gasteiger partial charge on any atom is -0.484 e. The summed E-state index contributed by atoms with van der Waals surface area (Å²) in [4.78, 5) is 15.9. The molecule has 1 heterocycles. The van der Waals surface area contributed by atoms with Crippen molar-refractivity contribution in [2.75, 3.05) is 6.61 Å². The number of hydrogen-bond acceptors (Lipinski definition) is 4. The van der Waals surface area contributed by atoms with E-state index in [4.69, 9.17) is 16.3 Å². The third kappa shape index (κ3) is 4.70. The van der Waals surface area contributed by atoms with Crippen LogP contribution in [0.1, 0.15) is 12.5 Å². The van der Waals surface area contributed by atoms with Crippen LogP contribution >= 0.6 is 11.6 Å². The van der Waals surface area contributed by atoms with Crippen molar-refractivity contribution in [2.45, 2.75) is 6.92 Å². The van der Waals surface area contributed by atoms with E-state index in [0.29, 0.717) is 16.5 Å². The third-order valence-corrected chi connectivity index (χ3v) is 3.87. The summed E-state index contributed by atoms with van der Waals surface area (Å²) in [6.07, 6.45) is 5.33. The van der Waals surface area contributed by atoms with Gasteiger partial charge in [-0.3, -0.25) is 4.79 Å². The van der Waals surface area contributed by atoms with Crippen molar-refractivity contribution in [2.24, 2.45) is 5.10 Å². The Labute approximate surface area is 156 Å². The molecule has 0 spiro atoms. The predicted octanol–water partition coefficient (Wildman–Crippen LogP) is 3.44. The molecule has 0 radical (unpaired) electrons. The van der Waals surface area contributed by atoms with Gasteiger partial charge in [0.2, 0.25) is 0 Å². The smallest absolute Gasteiger partial charge is 0.277 e. The third-order valence-electron chi connectivity index (χ3n) is 3.62. The molecule has 3 rings (SSSR count). The molecule has 0 bridgehead atoms. The van der Waals surface area contributed by atoms with Crippen LogP contribution in [0, 0.1) is 0 Å². The number of benzene rings is 2. The molecule has 7 heteroatoms. The first-order valence-electron chi connectivity index (χ1n) is 7.92. The first-order chi connectivity index (χ1) is 12.6. The second-order valence-corrected chi connectivity index (χ2v) is 5.93. The average molecular weight is 369 g/mol. The van der Waals surface area contributed by atoms with Gasteiger partial charge in [-0.2, -0.15) is 5.10 Å². The maximum atomic E-state index is 11.8. The lowest BCUT2D eigenvalue weighted by molar-refractivity contribution is -0.123. The highest BCUT2D eigenvalue weighted by molar-refractivity contribution is 6.30. The van der Waals surface area contributed by atoms with Gasteiger partial charge >= 0.3 is 0 Å². The number of carbonyl (C=O) groups is 1. The van der Waals surface area contributed by atoms with Crippen molar-refractivity contribution >= 4 is 23.2 Å². The van der Waals surface area contributed by atoms with E-state index in [2.05, 4.69) is 15.5 Å². The maximum Gasteiger partial charge on any atom is 0.277 e. The van der Waals surface area contributed by atoms with E-state index in [1.165, 1.54) is 0 Å². The van der Waals surface area contributed by atoms with Gasteiger partial charge in [0.05, 0.1) is 12.0 Å². The first-order valence-corrected chi connectivity index (χ1v) is 8.30. The number of aromatic nitrogens is 2. The standard InChI is InChI=1S/C19H17ClN4O2/c1-14(15-2-6-17(7-3-15)24-11-10-21-13-24)22-23-19(25)12-26-18-8-4-16(20)5-9-18/h2-11,13H,12H2,1H3,(H,23,25)/b22-14+. The molecule has 2 aromatic carbocycles. The Hall–Kier alpha value is -3.12. The molecule has 0 unspecified atom stereocenters. The Morgan fingerprint density at radius 1 is 1.19 bits per heavy atom. The molecule has 1 N–H and O–H groups in total. The molecule has 0 aliphatic rings. The normalized spacial score (nSPS) is 11.2. The van der Waals surface area contributed by atoms with E-state index in [1.807, 2.05) is 42.0 Å². The number of rotatable bonds is 6. The van der Waals surface area contributed by atoms with Gasteiger partial charge in [0, 0.05) is 23.1 Å². The fourth-order valence-corrected chi connectivity index (χ4v) is 2.34. The number of nitrogens with one attached hydrogen (secondary N) is 1. The minimum atomic E-state index is -0.339. The van der Waals surface area contributed by atoms with Crippen molar-refractivity contribution in [1.82, 2.24) is 15.0 Å². The zero-order chi connectivity index (χ0) is 18.4. The molecule has 0 fully saturated rings. The lowest BCUT2D eigenvalue weighted by atomic mass is 10.1. The van der Waals surface area contributed by atoms with Gasteiger partial charge < -0.3 is 9.30 Å². The second-order valence-electron chi connectivity index (χ2n) is 5.49. The van der Waals surface area contributed by atoms with Crippen LogP contribution in [0.3, 0.4) is 0 Å². The summed E-state index contributed by atoms with van der Waals surface area (Å²) in [6.45, 7) is 1.70. The van der Waals surface area contributed by atoms with E-state index in [1.54, 1.807) is 36.8 Å². The number of imidazole rings is 1. The summed E-state index contributed by atoms with van der Waals surface area (Å²) >= 11 is 5.80. The van der Waals surface area contributed by atoms with Crippen LogP contribution in [0.15, 0.2) is 72.4 Å². The van der Waals surface area contributed by atoms with E-state index in [-0.39, 0.29) is 12.5 Å².